The molecule has 16 heavy (non-hydrogen) atoms. The first-order valence-electron chi connectivity index (χ1n) is 4.74. The number of carboxylic acids is 1. The molecular weight excluding hydrogens is 213 g/mol. The maximum atomic E-state index is 11.3. The van der Waals surface area contributed by atoms with Crippen LogP contribution in [0, 0.1) is 0 Å². The number of hydrogen-bond donors (Lipinski definition) is 2. The third-order valence-electron chi connectivity index (χ3n) is 1.45. The fraction of sp³-hybridized carbons (Fsp3) is 0.667. The maximum absolute atomic E-state index is 11.3. The van der Waals surface area contributed by atoms with Crippen molar-refractivity contribution in [1.82, 2.24) is 5.23 Å². The molecule has 7 heteroatoms. The highest BCUT2D eigenvalue weighted by molar-refractivity contribution is 6.64. The summed E-state index contributed by atoms with van der Waals surface area (Å²) < 4.78 is 4.95. The van der Waals surface area contributed by atoms with Gasteiger partial charge < -0.3 is 19.9 Å². The largest absolute Gasteiger partial charge is 0.480 e. The predicted molar refractivity (Wildman–Crippen MR) is 57.5 cm³/mol. The van der Waals surface area contributed by atoms with Crippen molar-refractivity contribution in [3.63, 3.8) is 0 Å². The second-order valence-electron chi connectivity index (χ2n) is 4.15. The fourth-order valence-corrected chi connectivity index (χ4v) is 0.923. The van der Waals surface area contributed by atoms with Gasteiger partial charge in [0.15, 0.2) is 0 Å². The van der Waals surface area contributed by atoms with E-state index in [9.17, 15) is 14.4 Å². The molecule has 2 N–H and O–H groups in total. The Morgan fingerprint density at radius 3 is 2.44 bits per heavy atom. The zero-order valence-corrected chi connectivity index (χ0v) is 9.52. The average Bonchev–Trinajstić information content (AvgIpc) is 2.08. The van der Waals surface area contributed by atoms with Crippen LogP contribution in [0.15, 0.2) is 0 Å². The van der Waals surface area contributed by atoms with E-state index in [1.54, 1.807) is 20.8 Å². The molecule has 0 aromatic heterocycles. The summed E-state index contributed by atoms with van der Waals surface area (Å²) >= 11 is 0. The molecule has 0 saturated carbocycles. The normalized spacial score (nSPS) is 12.7. The molecule has 0 saturated heterocycles. The lowest BCUT2D eigenvalue weighted by Crippen LogP contribution is -2.42. The quantitative estimate of drug-likeness (QED) is 0.364. The zero-order valence-electron chi connectivity index (χ0n) is 9.52. The van der Waals surface area contributed by atoms with Crippen molar-refractivity contribution in [2.45, 2.75) is 38.8 Å². The molecule has 6 nitrogen and oxygen atoms in total. The van der Waals surface area contributed by atoms with Crippen LogP contribution >= 0.6 is 0 Å². The summed E-state index contributed by atoms with van der Waals surface area (Å²) in [5.41, 5.74) is -0.658. The van der Waals surface area contributed by atoms with E-state index in [4.69, 9.17) is 9.84 Å². The van der Waals surface area contributed by atoms with Gasteiger partial charge in [-0.25, -0.2) is 0 Å². The van der Waals surface area contributed by atoms with Crippen molar-refractivity contribution in [3.05, 3.63) is 0 Å². The van der Waals surface area contributed by atoms with E-state index in [0.717, 1.165) is 7.41 Å². The van der Waals surface area contributed by atoms with Crippen LogP contribution in [0.4, 0.5) is 0 Å². The Kier molecular flexibility index (Phi) is 5.73. The average molecular weight is 228 g/mol. The molecule has 0 aliphatic carbocycles. The van der Waals surface area contributed by atoms with Crippen LogP contribution in [0.25, 0.3) is 0 Å². The molecule has 0 heterocycles. The predicted octanol–water partition coefficient (Wildman–Crippen LogP) is -0.430. The van der Waals surface area contributed by atoms with Crippen molar-refractivity contribution in [2.24, 2.45) is 0 Å². The minimum Gasteiger partial charge on any atom is -0.480 e. The van der Waals surface area contributed by atoms with E-state index in [1.165, 1.54) is 0 Å². The molecule has 1 radical (unpaired) electrons. The van der Waals surface area contributed by atoms with E-state index >= 15 is 0 Å². The Labute approximate surface area is 94.6 Å². The third kappa shape index (κ3) is 7.00. The molecule has 0 aliphatic rings. The Bertz CT molecular complexity index is 274. The molecule has 0 aliphatic heterocycles. The molecule has 89 valence electrons. The minimum absolute atomic E-state index is 0.336. The van der Waals surface area contributed by atoms with Crippen LogP contribution in [0.3, 0.4) is 0 Å². The highest BCUT2D eigenvalue weighted by Crippen LogP contribution is 2.09. The van der Waals surface area contributed by atoms with Gasteiger partial charge in [0.2, 0.25) is 0 Å². The second kappa shape index (κ2) is 6.27. The first kappa shape index (κ1) is 14.6. The molecule has 0 aromatic rings. The van der Waals surface area contributed by atoms with Gasteiger partial charge in [0.1, 0.15) is 11.6 Å². The Morgan fingerprint density at radius 1 is 1.50 bits per heavy atom. The van der Waals surface area contributed by atoms with E-state index in [0.29, 0.717) is 6.19 Å². The third-order valence-corrected chi connectivity index (χ3v) is 1.45. The minimum atomic E-state index is -1.22. The van der Waals surface area contributed by atoms with Gasteiger partial charge in [0.25, 0.3) is 7.41 Å². The molecule has 0 rings (SSSR count). The lowest BCUT2D eigenvalue weighted by molar-refractivity contribution is -0.158. The molecule has 0 unspecified atom stereocenters. The number of hydrogen-bond acceptors (Lipinski definition) is 5. The van der Waals surface area contributed by atoms with Crippen molar-refractivity contribution in [1.29, 1.82) is 0 Å². The SMILES string of the molecule is CC(C)(C)OC(=O)C[C@H](N[B]C=O)C(=O)O. The number of aliphatic carboxylic acids is 1. The number of carbonyl (C=O) groups excluding carboxylic acids is 2. The summed E-state index contributed by atoms with van der Waals surface area (Å²) in [5, 5.41) is 11.0. The molecule has 0 bridgehead atoms. The first-order chi connectivity index (χ1) is 7.26. The van der Waals surface area contributed by atoms with Crippen molar-refractivity contribution in [2.75, 3.05) is 0 Å². The van der Waals surface area contributed by atoms with E-state index < -0.39 is 23.6 Å². The van der Waals surface area contributed by atoms with Crippen molar-refractivity contribution < 1.29 is 24.2 Å². The van der Waals surface area contributed by atoms with Crippen LogP contribution in [-0.2, 0) is 19.1 Å². The number of rotatable bonds is 6. The molecule has 0 amide bonds. The number of carboxylic acid groups (broad SMARTS) is 1. The van der Waals surface area contributed by atoms with Gasteiger partial charge in [-0.2, -0.15) is 0 Å². The summed E-state index contributed by atoms with van der Waals surface area (Å²) in [5.74, 6) is -1.85. The number of ether oxygens (including phenoxy) is 1. The molecule has 1 atom stereocenters. The highest BCUT2D eigenvalue weighted by atomic mass is 16.6. The summed E-state index contributed by atoms with van der Waals surface area (Å²) in [7, 11) is 0.934. The summed E-state index contributed by atoms with van der Waals surface area (Å²) in [6.07, 6.45) is 0.0714. The van der Waals surface area contributed by atoms with Crippen LogP contribution in [0.5, 0.6) is 0 Å². The molecule has 0 spiro atoms. The van der Waals surface area contributed by atoms with Crippen LogP contribution in [0.1, 0.15) is 27.2 Å². The highest BCUT2D eigenvalue weighted by Gasteiger charge is 2.24. The lowest BCUT2D eigenvalue weighted by atomic mass is 9.95. The smallest absolute Gasteiger partial charge is 0.320 e. The summed E-state index contributed by atoms with van der Waals surface area (Å²) in [4.78, 5) is 32.0. The van der Waals surface area contributed by atoms with Gasteiger partial charge in [0.05, 0.1) is 12.6 Å². The van der Waals surface area contributed by atoms with E-state index in [1.807, 2.05) is 0 Å². The van der Waals surface area contributed by atoms with Gasteiger partial charge in [-0.1, -0.05) is 0 Å². The van der Waals surface area contributed by atoms with Crippen molar-refractivity contribution in [3.8, 4) is 0 Å². The Balaban J connectivity index is 4.23. The van der Waals surface area contributed by atoms with Crippen LogP contribution in [-0.4, -0.2) is 42.3 Å². The molecule has 0 aromatic carbocycles. The van der Waals surface area contributed by atoms with Gasteiger partial charge in [0, 0.05) is 0 Å². The van der Waals surface area contributed by atoms with Gasteiger partial charge >= 0.3 is 11.9 Å². The number of esters is 1. The maximum Gasteiger partial charge on any atom is 0.320 e. The number of carbonyl (C=O) groups is 3. The van der Waals surface area contributed by atoms with Gasteiger partial charge in [-0.3, -0.25) is 9.59 Å². The Morgan fingerprint density at radius 2 is 2.06 bits per heavy atom. The zero-order chi connectivity index (χ0) is 12.8. The molecular formula is C9H15BNO5. The number of nitrogens with one attached hydrogen (secondary N) is 1. The van der Waals surface area contributed by atoms with E-state index in [2.05, 4.69) is 5.23 Å². The topological polar surface area (TPSA) is 92.7 Å². The fourth-order valence-electron chi connectivity index (χ4n) is 0.923. The monoisotopic (exact) mass is 228 g/mol. The lowest BCUT2D eigenvalue weighted by Gasteiger charge is -2.21. The first-order valence-corrected chi connectivity index (χ1v) is 4.74. The van der Waals surface area contributed by atoms with Crippen LogP contribution < -0.4 is 5.23 Å². The molecule has 0 fully saturated rings. The van der Waals surface area contributed by atoms with Gasteiger partial charge in [-0.05, 0) is 20.8 Å². The second-order valence-corrected chi connectivity index (χ2v) is 4.15. The van der Waals surface area contributed by atoms with E-state index in [-0.39, 0.29) is 6.42 Å². The van der Waals surface area contributed by atoms with Crippen molar-refractivity contribution >= 4 is 25.5 Å². The summed E-state index contributed by atoms with van der Waals surface area (Å²) in [6.45, 7) is 5.06. The summed E-state index contributed by atoms with van der Waals surface area (Å²) in [6, 6.07) is -1.15. The van der Waals surface area contributed by atoms with Crippen LogP contribution in [0.2, 0.25) is 0 Å². The standard InChI is InChI=1S/C9H15BNO5/c1-9(2,3)16-7(13)4-6(8(14)15)11-10-5-12/h5-6,11H,4H2,1-3H3,(H,14,15)/t6-/m0/s1. The van der Waals surface area contributed by atoms with Gasteiger partial charge in [-0.15, -0.1) is 0 Å². The Hall–Kier alpha value is -1.37.